The van der Waals surface area contributed by atoms with Crippen LogP contribution in [-0.2, 0) is 20.9 Å². The van der Waals surface area contributed by atoms with Gasteiger partial charge in [-0.25, -0.2) is 19.6 Å². The van der Waals surface area contributed by atoms with Gasteiger partial charge in [0, 0.05) is 54.6 Å². The average Bonchev–Trinajstić information content (AvgIpc) is 3.17. The Balaban J connectivity index is 0.000000350. The van der Waals surface area contributed by atoms with Crippen LogP contribution in [0.15, 0.2) is 59.2 Å². The van der Waals surface area contributed by atoms with Crippen LogP contribution in [-0.4, -0.2) is 85.6 Å². The minimum absolute atomic E-state index is 0.112. The summed E-state index contributed by atoms with van der Waals surface area (Å²) in [6.45, 7) is 3.61. The molecule has 2 aromatic heterocycles. The second-order valence-corrected chi connectivity index (χ2v) is 8.48. The van der Waals surface area contributed by atoms with Crippen LogP contribution in [0.4, 0.5) is 0 Å². The van der Waals surface area contributed by atoms with Crippen molar-refractivity contribution in [3.05, 3.63) is 59.2 Å². The summed E-state index contributed by atoms with van der Waals surface area (Å²) < 4.78 is 2.94. The molecule has 3 aromatic rings. The van der Waals surface area contributed by atoms with Crippen molar-refractivity contribution in [1.29, 1.82) is 0 Å². The lowest BCUT2D eigenvalue weighted by Gasteiger charge is -2.32. The van der Waals surface area contributed by atoms with Crippen molar-refractivity contribution in [3.63, 3.8) is 0 Å². The molecule has 0 radical (unpaired) electrons. The molecule has 2 N–H and O–H groups in total. The molecule has 34 heavy (non-hydrogen) atoms. The number of piperazine rings is 1. The molecule has 0 bridgehead atoms. The van der Waals surface area contributed by atoms with E-state index in [1.165, 1.54) is 0 Å². The van der Waals surface area contributed by atoms with Crippen LogP contribution in [0, 0.1) is 0 Å². The fourth-order valence-corrected chi connectivity index (χ4v) is 3.63. The Morgan fingerprint density at radius 3 is 2.21 bits per heavy atom. The van der Waals surface area contributed by atoms with Gasteiger partial charge in [-0.1, -0.05) is 28.1 Å². The minimum atomic E-state index is -1.26. The molecule has 11 heteroatoms. The Morgan fingerprint density at radius 2 is 1.62 bits per heavy atom. The number of benzene rings is 1. The first kappa shape index (κ1) is 25.1. The third-order valence-corrected chi connectivity index (χ3v) is 5.65. The van der Waals surface area contributed by atoms with Crippen LogP contribution in [0.5, 0.6) is 0 Å². The van der Waals surface area contributed by atoms with E-state index in [1.807, 2.05) is 45.9 Å². The molecule has 10 nitrogen and oxygen atoms in total. The molecule has 0 atom stereocenters. The zero-order chi connectivity index (χ0) is 24.7. The SMILES string of the molecule is CN1CCN(C(=O)Cn2c(-c3ccc(Br)cc3)nc3cccnc32)CC1.O=C(O)/C=C/C(=O)O. The van der Waals surface area contributed by atoms with Gasteiger partial charge in [0.05, 0.1) is 0 Å². The number of nitrogens with zero attached hydrogens (tertiary/aromatic N) is 5. The minimum Gasteiger partial charge on any atom is -0.478 e. The molecular formula is C23H24BrN5O5. The number of carbonyl (C=O) groups excluding carboxylic acids is 1. The summed E-state index contributed by atoms with van der Waals surface area (Å²) in [6, 6.07) is 11.8. The molecular weight excluding hydrogens is 506 g/mol. The van der Waals surface area contributed by atoms with E-state index in [1.54, 1.807) is 6.20 Å². The number of carboxylic acid groups (broad SMARTS) is 2. The van der Waals surface area contributed by atoms with E-state index in [0.29, 0.717) is 12.2 Å². The number of carbonyl (C=O) groups is 3. The van der Waals surface area contributed by atoms with Crippen molar-refractivity contribution in [2.75, 3.05) is 33.2 Å². The Labute approximate surface area is 204 Å². The van der Waals surface area contributed by atoms with Gasteiger partial charge >= 0.3 is 11.9 Å². The molecule has 178 valence electrons. The van der Waals surface area contributed by atoms with Crippen molar-refractivity contribution in [3.8, 4) is 11.4 Å². The molecule has 3 heterocycles. The molecule has 0 spiro atoms. The lowest BCUT2D eigenvalue weighted by atomic mass is 10.2. The van der Waals surface area contributed by atoms with Crippen LogP contribution >= 0.6 is 15.9 Å². The summed E-state index contributed by atoms with van der Waals surface area (Å²) in [5.74, 6) is -1.63. The number of carboxylic acids is 2. The molecule has 1 aliphatic heterocycles. The fraction of sp³-hybridized carbons (Fsp3) is 0.261. The fourth-order valence-electron chi connectivity index (χ4n) is 3.36. The van der Waals surface area contributed by atoms with Gasteiger partial charge < -0.3 is 20.0 Å². The lowest BCUT2D eigenvalue weighted by molar-refractivity contribution is -0.134. The highest BCUT2D eigenvalue weighted by molar-refractivity contribution is 9.10. The highest BCUT2D eigenvalue weighted by Crippen LogP contribution is 2.25. The number of aliphatic carboxylic acids is 2. The number of hydrogen-bond acceptors (Lipinski definition) is 6. The number of pyridine rings is 1. The maximum atomic E-state index is 12.9. The Hall–Kier alpha value is -3.57. The van der Waals surface area contributed by atoms with Crippen molar-refractivity contribution in [2.45, 2.75) is 6.54 Å². The molecule has 1 aromatic carbocycles. The summed E-state index contributed by atoms with van der Waals surface area (Å²) in [6.07, 6.45) is 2.86. The van der Waals surface area contributed by atoms with Gasteiger partial charge in [-0.15, -0.1) is 0 Å². The number of hydrogen-bond donors (Lipinski definition) is 2. The van der Waals surface area contributed by atoms with E-state index >= 15 is 0 Å². The molecule has 0 unspecified atom stereocenters. The summed E-state index contributed by atoms with van der Waals surface area (Å²) in [5, 5.41) is 15.6. The molecule has 0 saturated carbocycles. The molecule has 1 fully saturated rings. The van der Waals surface area contributed by atoms with Crippen LogP contribution in [0.2, 0.25) is 0 Å². The molecule has 1 aliphatic rings. The predicted octanol–water partition coefficient (Wildman–Crippen LogP) is 2.35. The maximum absolute atomic E-state index is 12.9. The Morgan fingerprint density at radius 1 is 1.00 bits per heavy atom. The third-order valence-electron chi connectivity index (χ3n) is 5.12. The standard InChI is InChI=1S/C19H20BrN5O.C4H4O4/c1-23-9-11-24(12-10-23)17(26)13-25-18(14-4-6-15(20)7-5-14)22-16-3-2-8-21-19(16)25;5-3(6)1-2-4(7)8/h2-8H,9-13H2,1H3;1-2H,(H,5,6)(H,7,8)/b;2-1+. The van der Waals surface area contributed by atoms with E-state index in [0.717, 1.165) is 53.2 Å². The summed E-state index contributed by atoms with van der Waals surface area (Å²) in [4.78, 5) is 45.4. The van der Waals surface area contributed by atoms with Crippen molar-refractivity contribution in [2.24, 2.45) is 0 Å². The van der Waals surface area contributed by atoms with Gasteiger partial charge in [-0.2, -0.15) is 0 Å². The molecule has 1 amide bonds. The molecule has 0 aliphatic carbocycles. The van der Waals surface area contributed by atoms with Crippen LogP contribution < -0.4 is 0 Å². The zero-order valence-corrected chi connectivity index (χ0v) is 20.1. The first-order valence-corrected chi connectivity index (χ1v) is 11.2. The van der Waals surface area contributed by atoms with E-state index in [-0.39, 0.29) is 12.5 Å². The number of fused-ring (bicyclic) bond motifs is 1. The van der Waals surface area contributed by atoms with Gasteiger partial charge in [0.25, 0.3) is 0 Å². The highest BCUT2D eigenvalue weighted by atomic mass is 79.9. The first-order chi connectivity index (χ1) is 16.2. The van der Waals surface area contributed by atoms with Crippen molar-refractivity contribution in [1.82, 2.24) is 24.3 Å². The topological polar surface area (TPSA) is 129 Å². The van der Waals surface area contributed by atoms with Gasteiger partial charge in [-0.05, 0) is 31.3 Å². The number of amides is 1. The van der Waals surface area contributed by atoms with Crippen LogP contribution in [0.1, 0.15) is 0 Å². The smallest absolute Gasteiger partial charge is 0.328 e. The van der Waals surface area contributed by atoms with Crippen molar-refractivity contribution >= 4 is 44.9 Å². The van der Waals surface area contributed by atoms with Crippen LogP contribution in [0.3, 0.4) is 0 Å². The van der Waals surface area contributed by atoms with E-state index < -0.39 is 11.9 Å². The summed E-state index contributed by atoms with van der Waals surface area (Å²) in [5.41, 5.74) is 2.52. The van der Waals surface area contributed by atoms with E-state index in [9.17, 15) is 14.4 Å². The lowest BCUT2D eigenvalue weighted by Crippen LogP contribution is -2.48. The normalized spacial score (nSPS) is 14.1. The maximum Gasteiger partial charge on any atom is 0.328 e. The predicted molar refractivity (Wildman–Crippen MR) is 129 cm³/mol. The number of rotatable bonds is 5. The second kappa shape index (κ2) is 11.5. The molecule has 4 rings (SSSR count). The Kier molecular flexibility index (Phi) is 8.50. The second-order valence-electron chi connectivity index (χ2n) is 7.57. The van der Waals surface area contributed by atoms with Crippen LogP contribution in [0.25, 0.3) is 22.6 Å². The van der Waals surface area contributed by atoms with Gasteiger partial charge in [0.2, 0.25) is 5.91 Å². The van der Waals surface area contributed by atoms with Gasteiger partial charge in [0.15, 0.2) is 5.65 Å². The van der Waals surface area contributed by atoms with Gasteiger partial charge in [-0.3, -0.25) is 9.36 Å². The number of aromatic nitrogens is 3. The third kappa shape index (κ3) is 6.72. The first-order valence-electron chi connectivity index (χ1n) is 10.4. The average molecular weight is 530 g/mol. The quantitative estimate of drug-likeness (QED) is 0.481. The summed E-state index contributed by atoms with van der Waals surface area (Å²) in [7, 11) is 2.08. The number of imidazole rings is 1. The van der Waals surface area contributed by atoms with E-state index in [4.69, 9.17) is 15.2 Å². The van der Waals surface area contributed by atoms with E-state index in [2.05, 4.69) is 32.9 Å². The number of likely N-dealkylation sites (N-methyl/N-ethyl adjacent to an activating group) is 1. The summed E-state index contributed by atoms with van der Waals surface area (Å²) >= 11 is 3.46. The monoisotopic (exact) mass is 529 g/mol. The van der Waals surface area contributed by atoms with Crippen molar-refractivity contribution < 1.29 is 24.6 Å². The zero-order valence-electron chi connectivity index (χ0n) is 18.5. The number of halogens is 1. The largest absolute Gasteiger partial charge is 0.478 e. The Bertz CT molecular complexity index is 1180. The van der Waals surface area contributed by atoms with Gasteiger partial charge in [0.1, 0.15) is 17.9 Å². The molecule has 1 saturated heterocycles. The highest BCUT2D eigenvalue weighted by Gasteiger charge is 2.22.